The fourth-order valence-corrected chi connectivity index (χ4v) is 2.63. The summed E-state index contributed by atoms with van der Waals surface area (Å²) in [5, 5.41) is 4.16. The lowest BCUT2D eigenvalue weighted by atomic mass is 10.1. The van der Waals surface area contributed by atoms with Crippen molar-refractivity contribution in [1.82, 2.24) is 20.6 Å². The van der Waals surface area contributed by atoms with Gasteiger partial charge in [-0.2, -0.15) is 5.10 Å². The minimum absolute atomic E-state index is 0.0313. The number of rotatable bonds is 3. The van der Waals surface area contributed by atoms with Crippen LogP contribution in [0.25, 0.3) is 0 Å². The van der Waals surface area contributed by atoms with E-state index in [4.69, 9.17) is 23.2 Å². The van der Waals surface area contributed by atoms with E-state index in [1.165, 1.54) is 0 Å². The van der Waals surface area contributed by atoms with Crippen LogP contribution < -0.4 is 10.9 Å². The van der Waals surface area contributed by atoms with Gasteiger partial charge in [0.15, 0.2) is 0 Å². The Balaban J connectivity index is 1.85. The molecule has 0 aliphatic heterocycles. The second kappa shape index (κ2) is 4.93. The maximum atomic E-state index is 11.9. The Hall–Kier alpha value is -1.27. The normalized spacial score (nSPS) is 23.2. The zero-order valence-electron chi connectivity index (χ0n) is 11.5. The molecule has 8 heteroatoms. The van der Waals surface area contributed by atoms with E-state index in [0.29, 0.717) is 6.42 Å². The average Bonchev–Trinajstić information content (AvgIpc) is 2.68. The number of nitrogens with zero attached hydrogens (tertiary/aromatic N) is 2. The molecular weight excluding hydrogens is 303 g/mol. The number of hydrogen-bond donors (Lipinski definition) is 2. The van der Waals surface area contributed by atoms with Crippen LogP contribution >= 0.6 is 23.2 Å². The van der Waals surface area contributed by atoms with Crippen LogP contribution in [0.5, 0.6) is 0 Å². The summed E-state index contributed by atoms with van der Waals surface area (Å²) < 4.78 is 0.501. The molecule has 2 rings (SSSR count). The van der Waals surface area contributed by atoms with Crippen LogP contribution in [0.3, 0.4) is 0 Å². The van der Waals surface area contributed by atoms with Crippen molar-refractivity contribution in [2.75, 3.05) is 0 Å². The monoisotopic (exact) mass is 318 g/mol. The Bertz CT molecular complexity index is 570. The number of carbonyl (C=O) groups excluding carboxylic acids is 2. The number of alkyl halides is 2. The molecule has 0 unspecified atom stereocenters. The maximum Gasteiger partial charge on any atom is 0.260 e. The van der Waals surface area contributed by atoms with Gasteiger partial charge in [0.05, 0.1) is 11.1 Å². The molecule has 0 spiro atoms. The number of hydrogen-bond acceptors (Lipinski definition) is 3. The Morgan fingerprint density at radius 3 is 2.45 bits per heavy atom. The molecule has 0 aromatic carbocycles. The summed E-state index contributed by atoms with van der Waals surface area (Å²) in [5.41, 5.74) is 5.52. The summed E-state index contributed by atoms with van der Waals surface area (Å²) in [4.78, 5) is 23.6. The lowest BCUT2D eigenvalue weighted by Gasteiger charge is -2.13. The molecule has 1 fully saturated rings. The van der Waals surface area contributed by atoms with Crippen molar-refractivity contribution in [2.24, 2.45) is 5.41 Å². The number of aryl methyl sites for hydroxylation is 2. The summed E-state index contributed by atoms with van der Waals surface area (Å²) in [6, 6.07) is 1.87. The predicted octanol–water partition coefficient (Wildman–Crippen LogP) is 1.23. The van der Waals surface area contributed by atoms with Gasteiger partial charge >= 0.3 is 0 Å². The minimum Gasteiger partial charge on any atom is -0.273 e. The summed E-state index contributed by atoms with van der Waals surface area (Å²) in [6.07, 6.45) is 0.363. The van der Waals surface area contributed by atoms with Gasteiger partial charge in [-0.15, -0.1) is 23.2 Å². The summed E-state index contributed by atoms with van der Waals surface area (Å²) >= 11 is 11.8. The Morgan fingerprint density at radius 2 is 2.00 bits per heavy atom. The first kappa shape index (κ1) is 15.1. The maximum absolute atomic E-state index is 11.9. The molecule has 0 bridgehead atoms. The highest BCUT2D eigenvalue weighted by atomic mass is 35.5. The first-order chi connectivity index (χ1) is 9.15. The van der Waals surface area contributed by atoms with Gasteiger partial charge in [-0.1, -0.05) is 0 Å². The standard InChI is InChI=1S/C12H16Cl2N4O2/c1-7-4-8(2)18(17-7)5-9(19)15-16-10(20)11(3)6-12(11,13)14/h4H,5-6H2,1-3H3,(H,15,19)(H,16,20)/t11-/m0/s1. The molecule has 0 radical (unpaired) electrons. The third kappa shape index (κ3) is 2.76. The highest BCUT2D eigenvalue weighted by molar-refractivity contribution is 6.53. The number of nitrogens with one attached hydrogen (secondary N) is 2. The highest BCUT2D eigenvalue weighted by Gasteiger charge is 2.68. The zero-order valence-corrected chi connectivity index (χ0v) is 13.0. The third-order valence-corrected chi connectivity index (χ3v) is 4.57. The van der Waals surface area contributed by atoms with Crippen LogP contribution in [0.15, 0.2) is 6.07 Å². The fourth-order valence-electron chi connectivity index (χ4n) is 1.92. The van der Waals surface area contributed by atoms with Crippen molar-refractivity contribution in [3.63, 3.8) is 0 Å². The van der Waals surface area contributed by atoms with Gasteiger partial charge in [0.1, 0.15) is 10.9 Å². The molecule has 1 aliphatic rings. The van der Waals surface area contributed by atoms with Crippen molar-refractivity contribution < 1.29 is 9.59 Å². The third-order valence-electron chi connectivity index (χ3n) is 3.47. The largest absolute Gasteiger partial charge is 0.273 e. The van der Waals surface area contributed by atoms with Gasteiger partial charge in [-0.25, -0.2) is 0 Å². The topological polar surface area (TPSA) is 76.0 Å². The minimum atomic E-state index is -1.06. The number of carbonyl (C=O) groups is 2. The van der Waals surface area contributed by atoms with E-state index in [-0.39, 0.29) is 12.5 Å². The predicted molar refractivity (Wildman–Crippen MR) is 75.1 cm³/mol. The first-order valence-corrected chi connectivity index (χ1v) is 6.89. The van der Waals surface area contributed by atoms with E-state index < -0.39 is 15.7 Å². The number of hydrazine groups is 1. The number of amides is 2. The highest BCUT2D eigenvalue weighted by Crippen LogP contribution is 2.63. The van der Waals surface area contributed by atoms with Gasteiger partial charge in [0, 0.05) is 5.69 Å². The Kier molecular flexibility index (Phi) is 3.73. The van der Waals surface area contributed by atoms with Crippen molar-refractivity contribution in [3.05, 3.63) is 17.5 Å². The van der Waals surface area contributed by atoms with Crippen LogP contribution in [0, 0.1) is 19.3 Å². The molecule has 1 aliphatic carbocycles. The molecular formula is C12H16Cl2N4O2. The van der Waals surface area contributed by atoms with Crippen LogP contribution in [-0.4, -0.2) is 25.9 Å². The molecule has 1 aromatic rings. The van der Waals surface area contributed by atoms with Crippen molar-refractivity contribution in [3.8, 4) is 0 Å². The van der Waals surface area contributed by atoms with Gasteiger partial charge in [-0.3, -0.25) is 25.1 Å². The van der Waals surface area contributed by atoms with Gasteiger partial charge in [0.2, 0.25) is 5.91 Å². The molecule has 1 saturated carbocycles. The average molecular weight is 319 g/mol. The van der Waals surface area contributed by atoms with E-state index in [1.54, 1.807) is 11.6 Å². The lowest BCUT2D eigenvalue weighted by molar-refractivity contribution is -0.132. The fraction of sp³-hybridized carbons (Fsp3) is 0.583. The summed E-state index contributed by atoms with van der Waals surface area (Å²) in [6.45, 7) is 5.38. The SMILES string of the molecule is Cc1cc(C)n(CC(=O)NNC(=O)[C@]2(C)CC2(Cl)Cl)n1. The molecule has 0 saturated heterocycles. The van der Waals surface area contributed by atoms with Crippen molar-refractivity contribution >= 4 is 35.0 Å². The Labute approximate surface area is 126 Å². The Morgan fingerprint density at radius 1 is 1.40 bits per heavy atom. The molecule has 1 heterocycles. The van der Waals surface area contributed by atoms with Gasteiger partial charge < -0.3 is 0 Å². The van der Waals surface area contributed by atoms with E-state index in [9.17, 15) is 9.59 Å². The molecule has 20 heavy (non-hydrogen) atoms. The molecule has 1 atom stereocenters. The van der Waals surface area contributed by atoms with E-state index in [0.717, 1.165) is 11.4 Å². The van der Waals surface area contributed by atoms with Crippen LogP contribution in [0.2, 0.25) is 0 Å². The summed E-state index contributed by atoms with van der Waals surface area (Å²) in [7, 11) is 0. The van der Waals surface area contributed by atoms with Crippen molar-refractivity contribution in [1.29, 1.82) is 0 Å². The second-order valence-electron chi connectivity index (χ2n) is 5.30. The van der Waals surface area contributed by atoms with Gasteiger partial charge in [-0.05, 0) is 33.3 Å². The van der Waals surface area contributed by atoms with Crippen LogP contribution in [0.4, 0.5) is 0 Å². The number of aromatic nitrogens is 2. The summed E-state index contributed by atoms with van der Waals surface area (Å²) in [5.74, 6) is -0.771. The lowest BCUT2D eigenvalue weighted by Crippen LogP contribution is -2.47. The number of halogens is 2. The smallest absolute Gasteiger partial charge is 0.260 e. The van der Waals surface area contributed by atoms with E-state index in [2.05, 4.69) is 16.0 Å². The molecule has 2 N–H and O–H groups in total. The second-order valence-corrected chi connectivity index (χ2v) is 6.78. The van der Waals surface area contributed by atoms with Crippen LogP contribution in [0.1, 0.15) is 24.7 Å². The van der Waals surface area contributed by atoms with Gasteiger partial charge in [0.25, 0.3) is 5.91 Å². The molecule has 1 aromatic heterocycles. The zero-order chi connectivity index (χ0) is 15.1. The van der Waals surface area contributed by atoms with E-state index >= 15 is 0 Å². The first-order valence-electron chi connectivity index (χ1n) is 6.14. The van der Waals surface area contributed by atoms with Crippen molar-refractivity contribution in [2.45, 2.75) is 38.1 Å². The van der Waals surface area contributed by atoms with E-state index in [1.807, 2.05) is 19.9 Å². The molecule has 110 valence electrons. The molecule has 2 amide bonds. The molecule has 6 nitrogen and oxygen atoms in total. The quantitative estimate of drug-likeness (QED) is 0.650. The van der Waals surface area contributed by atoms with Crippen LogP contribution in [-0.2, 0) is 16.1 Å².